The summed E-state index contributed by atoms with van der Waals surface area (Å²) in [4.78, 5) is 14.1. The Balaban J connectivity index is 1.62. The molecule has 1 N–H and O–H groups in total. The van der Waals surface area contributed by atoms with E-state index in [1.165, 1.54) is 16.2 Å². The van der Waals surface area contributed by atoms with Gasteiger partial charge in [-0.05, 0) is 94.0 Å². The number of rotatable bonds is 6. The van der Waals surface area contributed by atoms with Crippen molar-refractivity contribution in [1.29, 1.82) is 10.5 Å². The first-order chi connectivity index (χ1) is 16.5. The lowest BCUT2D eigenvalue weighted by Gasteiger charge is -2.11. The predicted molar refractivity (Wildman–Crippen MR) is 134 cm³/mol. The summed E-state index contributed by atoms with van der Waals surface area (Å²) in [6.45, 7) is 6.51. The predicted octanol–water partition coefficient (Wildman–Crippen LogP) is 5.85. The first kappa shape index (κ1) is 23.4. The van der Waals surface area contributed by atoms with Gasteiger partial charge in [0.1, 0.15) is 28.5 Å². The van der Waals surface area contributed by atoms with Crippen LogP contribution in [-0.4, -0.2) is 17.1 Å². The molecule has 4 rings (SSSR count). The second kappa shape index (κ2) is 9.99. The van der Waals surface area contributed by atoms with Crippen molar-refractivity contribution in [3.63, 3.8) is 0 Å². The molecule has 0 aliphatic heterocycles. The van der Waals surface area contributed by atoms with E-state index in [1.807, 2.05) is 57.2 Å². The van der Waals surface area contributed by atoms with Gasteiger partial charge in [-0.3, -0.25) is 4.79 Å². The fourth-order valence-corrected chi connectivity index (χ4v) is 5.67. The molecule has 0 bridgehead atoms. The largest absolute Gasteiger partial charge is 0.494 e. The van der Waals surface area contributed by atoms with Crippen LogP contribution in [0.5, 0.6) is 5.75 Å². The van der Waals surface area contributed by atoms with E-state index in [2.05, 4.69) is 16.0 Å². The minimum atomic E-state index is -0.497. The zero-order valence-corrected chi connectivity index (χ0v) is 20.4. The number of aromatic nitrogens is 1. The quantitative estimate of drug-likeness (QED) is 0.361. The molecule has 0 saturated carbocycles. The highest BCUT2D eigenvalue weighted by atomic mass is 32.1. The van der Waals surface area contributed by atoms with Crippen molar-refractivity contribution in [3.8, 4) is 23.6 Å². The Labute approximate surface area is 203 Å². The number of nitrogens with zero attached hydrogens (tertiary/aromatic N) is 3. The van der Waals surface area contributed by atoms with Crippen LogP contribution in [0.25, 0.3) is 11.8 Å². The van der Waals surface area contributed by atoms with Crippen LogP contribution in [0.3, 0.4) is 0 Å². The molecule has 0 spiro atoms. The van der Waals surface area contributed by atoms with Crippen molar-refractivity contribution in [2.75, 3.05) is 11.9 Å². The lowest BCUT2D eigenvalue weighted by Crippen LogP contribution is -2.13. The lowest BCUT2D eigenvalue weighted by atomic mass is 9.96. The SMILES string of the molecule is CCOc1ccc(-n2c(C)cc(/C=C(\C#N)C(=O)Nc3sc4c(c3C#N)CCCC4)c2C)cc1. The van der Waals surface area contributed by atoms with Gasteiger partial charge < -0.3 is 14.6 Å². The molecule has 0 unspecified atom stereocenters. The highest BCUT2D eigenvalue weighted by molar-refractivity contribution is 7.16. The van der Waals surface area contributed by atoms with Gasteiger partial charge >= 0.3 is 0 Å². The van der Waals surface area contributed by atoms with Crippen molar-refractivity contribution in [1.82, 2.24) is 4.57 Å². The van der Waals surface area contributed by atoms with Crippen LogP contribution in [0.15, 0.2) is 35.9 Å². The van der Waals surface area contributed by atoms with E-state index in [9.17, 15) is 15.3 Å². The normalized spacial score (nSPS) is 13.0. The van der Waals surface area contributed by atoms with Gasteiger partial charge in [0.15, 0.2) is 0 Å². The number of hydrogen-bond acceptors (Lipinski definition) is 5. The number of amides is 1. The molecule has 0 atom stereocenters. The fraction of sp³-hybridized carbons (Fsp3) is 0.296. The number of hydrogen-bond donors (Lipinski definition) is 1. The standard InChI is InChI=1S/C27H26N4O2S/c1-4-33-22-11-9-21(10-12-22)31-17(2)13-19(18(31)3)14-20(15-28)26(32)30-27-24(16-29)23-7-5-6-8-25(23)34-27/h9-14H,4-8H2,1-3H3,(H,30,32)/b20-14+. The fourth-order valence-electron chi connectivity index (χ4n) is 4.44. The molecule has 1 aromatic carbocycles. The zero-order chi connectivity index (χ0) is 24.2. The number of ether oxygens (including phenoxy) is 1. The van der Waals surface area contributed by atoms with Crippen LogP contribution in [0, 0.1) is 36.5 Å². The van der Waals surface area contributed by atoms with E-state index in [4.69, 9.17) is 4.74 Å². The summed E-state index contributed by atoms with van der Waals surface area (Å²) in [6.07, 6.45) is 5.56. The minimum Gasteiger partial charge on any atom is -0.494 e. The van der Waals surface area contributed by atoms with Gasteiger partial charge in [-0.1, -0.05) is 0 Å². The number of benzene rings is 1. The number of carbonyl (C=O) groups is 1. The van der Waals surface area contributed by atoms with E-state index in [0.717, 1.165) is 59.6 Å². The second-order valence-corrected chi connectivity index (χ2v) is 9.34. The summed E-state index contributed by atoms with van der Waals surface area (Å²) in [7, 11) is 0. The highest BCUT2D eigenvalue weighted by Gasteiger charge is 2.23. The molecule has 7 heteroatoms. The molecular formula is C27H26N4O2S. The van der Waals surface area contributed by atoms with Gasteiger partial charge in [0.05, 0.1) is 12.2 Å². The summed E-state index contributed by atoms with van der Waals surface area (Å²) in [5, 5.41) is 22.7. The van der Waals surface area contributed by atoms with E-state index in [0.29, 0.717) is 17.2 Å². The van der Waals surface area contributed by atoms with Crippen LogP contribution in [0.1, 0.15) is 52.7 Å². The molecule has 34 heavy (non-hydrogen) atoms. The molecule has 6 nitrogen and oxygen atoms in total. The average Bonchev–Trinajstić information content (AvgIpc) is 3.33. The van der Waals surface area contributed by atoms with E-state index in [-0.39, 0.29) is 5.57 Å². The maximum atomic E-state index is 13.0. The Morgan fingerprint density at radius 1 is 1.21 bits per heavy atom. The third kappa shape index (κ3) is 4.48. The van der Waals surface area contributed by atoms with Crippen molar-refractivity contribution < 1.29 is 9.53 Å². The van der Waals surface area contributed by atoms with Crippen molar-refractivity contribution in [2.45, 2.75) is 46.5 Å². The Kier molecular flexibility index (Phi) is 6.86. The lowest BCUT2D eigenvalue weighted by molar-refractivity contribution is -0.112. The second-order valence-electron chi connectivity index (χ2n) is 8.24. The summed E-state index contributed by atoms with van der Waals surface area (Å²) in [6, 6.07) is 14.1. The Morgan fingerprint density at radius 3 is 2.62 bits per heavy atom. The third-order valence-corrected chi connectivity index (χ3v) is 7.26. The van der Waals surface area contributed by atoms with Crippen LogP contribution >= 0.6 is 11.3 Å². The van der Waals surface area contributed by atoms with Gasteiger partial charge in [-0.25, -0.2) is 0 Å². The average molecular weight is 471 g/mol. The first-order valence-electron chi connectivity index (χ1n) is 11.4. The molecule has 2 heterocycles. The molecule has 2 aromatic heterocycles. The molecule has 3 aromatic rings. The van der Waals surface area contributed by atoms with Crippen LogP contribution in [0.2, 0.25) is 0 Å². The molecule has 0 saturated heterocycles. The summed E-state index contributed by atoms with van der Waals surface area (Å²) < 4.78 is 7.61. The maximum absolute atomic E-state index is 13.0. The third-order valence-electron chi connectivity index (χ3n) is 6.05. The monoisotopic (exact) mass is 470 g/mol. The Hall–Kier alpha value is -3.81. The van der Waals surface area contributed by atoms with E-state index >= 15 is 0 Å². The first-order valence-corrected chi connectivity index (χ1v) is 12.2. The van der Waals surface area contributed by atoms with E-state index < -0.39 is 5.91 Å². The molecule has 172 valence electrons. The molecular weight excluding hydrogens is 444 g/mol. The number of fused-ring (bicyclic) bond motifs is 1. The smallest absolute Gasteiger partial charge is 0.266 e. The number of nitriles is 2. The van der Waals surface area contributed by atoms with Gasteiger partial charge in [-0.2, -0.15) is 10.5 Å². The van der Waals surface area contributed by atoms with Crippen LogP contribution < -0.4 is 10.1 Å². The van der Waals surface area contributed by atoms with Crippen molar-refractivity contribution in [2.24, 2.45) is 0 Å². The number of aryl methyl sites for hydroxylation is 2. The minimum absolute atomic E-state index is 0.00204. The molecule has 1 aliphatic carbocycles. The summed E-state index contributed by atoms with van der Waals surface area (Å²) in [5.41, 5.74) is 5.28. The van der Waals surface area contributed by atoms with Crippen molar-refractivity contribution in [3.05, 3.63) is 68.9 Å². The summed E-state index contributed by atoms with van der Waals surface area (Å²) in [5.74, 6) is 0.313. The molecule has 0 fully saturated rings. The number of thiophene rings is 1. The van der Waals surface area contributed by atoms with Gasteiger partial charge in [-0.15, -0.1) is 11.3 Å². The number of anilines is 1. The Bertz CT molecular complexity index is 1350. The van der Waals surface area contributed by atoms with Gasteiger partial charge in [0.25, 0.3) is 5.91 Å². The summed E-state index contributed by atoms with van der Waals surface area (Å²) >= 11 is 1.46. The maximum Gasteiger partial charge on any atom is 0.266 e. The van der Waals surface area contributed by atoms with Crippen LogP contribution in [0.4, 0.5) is 5.00 Å². The highest BCUT2D eigenvalue weighted by Crippen LogP contribution is 2.37. The zero-order valence-electron chi connectivity index (χ0n) is 19.6. The van der Waals surface area contributed by atoms with Gasteiger partial charge in [0, 0.05) is 22.0 Å². The number of nitrogens with one attached hydrogen (secondary N) is 1. The number of carbonyl (C=O) groups excluding carboxylic acids is 1. The van der Waals surface area contributed by atoms with E-state index in [1.54, 1.807) is 6.08 Å². The molecule has 0 radical (unpaired) electrons. The topological polar surface area (TPSA) is 90.8 Å². The molecule has 1 amide bonds. The van der Waals surface area contributed by atoms with Crippen LogP contribution in [-0.2, 0) is 17.6 Å². The van der Waals surface area contributed by atoms with Gasteiger partial charge in [0.2, 0.25) is 0 Å². The molecule has 1 aliphatic rings. The van der Waals surface area contributed by atoms with Crippen molar-refractivity contribution >= 4 is 28.3 Å². The Morgan fingerprint density at radius 2 is 1.94 bits per heavy atom.